The molecule has 1 saturated carbocycles. The van der Waals surface area contributed by atoms with E-state index in [0.29, 0.717) is 5.69 Å². The van der Waals surface area contributed by atoms with E-state index in [4.69, 9.17) is 4.65 Å². The van der Waals surface area contributed by atoms with Crippen molar-refractivity contribution in [3.63, 3.8) is 0 Å². The molecular weight excluding hydrogens is 360 g/mol. The molecule has 2 aliphatic rings. The molecule has 1 spiro atoms. The summed E-state index contributed by atoms with van der Waals surface area (Å²) in [5.41, 5.74) is 3.09. The zero-order valence-corrected chi connectivity index (χ0v) is 15.0. The highest BCUT2D eigenvalue weighted by Gasteiger charge is 2.50. The molecule has 1 fully saturated rings. The largest absolute Gasteiger partial charge is 0.492 e. The Morgan fingerprint density at radius 2 is 2.04 bits per heavy atom. The summed E-state index contributed by atoms with van der Waals surface area (Å²) in [6.45, 7) is 0. The maximum Gasteiger partial charge on any atom is 0.492 e. The second-order valence-corrected chi connectivity index (χ2v) is 7.36. The average molecular weight is 377 g/mol. The standard InChI is InChI=1S/C20H17BFN3O3/c22-14-3-5-15(6-4-14)25-12-18(23-24-25)19(26)11-13-2-7-16-17(10-13)21(27)28-20(16)8-1-9-20/h2-7,10,12,27H,1,8-9,11H2. The van der Waals surface area contributed by atoms with E-state index in [1.54, 1.807) is 12.1 Å². The lowest BCUT2D eigenvalue weighted by Gasteiger charge is -2.39. The lowest BCUT2D eigenvalue weighted by molar-refractivity contribution is -0.0152. The minimum absolute atomic E-state index is 0.148. The Labute approximate surface area is 161 Å². The molecule has 8 heteroatoms. The lowest BCUT2D eigenvalue weighted by Crippen LogP contribution is -2.35. The van der Waals surface area contributed by atoms with Crippen LogP contribution in [0.2, 0.25) is 0 Å². The number of carbonyl (C=O) groups excluding carboxylic acids is 1. The summed E-state index contributed by atoms with van der Waals surface area (Å²) in [7, 11) is -0.940. The number of rotatable bonds is 4. The Hall–Kier alpha value is -2.84. The monoisotopic (exact) mass is 377 g/mol. The number of aromatic nitrogens is 3. The first-order valence-electron chi connectivity index (χ1n) is 9.25. The van der Waals surface area contributed by atoms with Gasteiger partial charge in [-0.25, -0.2) is 9.07 Å². The van der Waals surface area contributed by atoms with Crippen molar-refractivity contribution >= 4 is 18.4 Å². The van der Waals surface area contributed by atoms with Gasteiger partial charge in [-0.3, -0.25) is 4.79 Å². The van der Waals surface area contributed by atoms with Gasteiger partial charge >= 0.3 is 7.12 Å². The quantitative estimate of drug-likeness (QED) is 0.556. The van der Waals surface area contributed by atoms with Crippen LogP contribution in [-0.4, -0.2) is 32.9 Å². The molecule has 0 atom stereocenters. The summed E-state index contributed by atoms with van der Waals surface area (Å²) in [5, 5.41) is 18.1. The molecule has 0 bridgehead atoms. The Balaban J connectivity index is 1.35. The third kappa shape index (κ3) is 2.76. The maximum absolute atomic E-state index is 13.0. The van der Waals surface area contributed by atoms with Gasteiger partial charge in [0.05, 0.1) is 17.5 Å². The van der Waals surface area contributed by atoms with Crippen molar-refractivity contribution in [2.24, 2.45) is 0 Å². The summed E-state index contributed by atoms with van der Waals surface area (Å²) in [6.07, 6.45) is 4.61. The van der Waals surface area contributed by atoms with Crippen molar-refractivity contribution in [3.8, 4) is 5.69 Å². The summed E-state index contributed by atoms with van der Waals surface area (Å²) < 4.78 is 20.3. The minimum atomic E-state index is -0.940. The molecule has 140 valence electrons. The predicted octanol–water partition coefficient (Wildman–Crippen LogP) is 1.93. The van der Waals surface area contributed by atoms with Crippen molar-refractivity contribution in [2.45, 2.75) is 31.3 Å². The number of benzene rings is 2. The number of hydrogen-bond donors (Lipinski definition) is 1. The molecule has 1 aliphatic carbocycles. The van der Waals surface area contributed by atoms with E-state index in [2.05, 4.69) is 10.3 Å². The van der Waals surface area contributed by atoms with E-state index in [9.17, 15) is 14.2 Å². The van der Waals surface area contributed by atoms with E-state index < -0.39 is 7.12 Å². The van der Waals surface area contributed by atoms with Crippen molar-refractivity contribution < 1.29 is 18.9 Å². The van der Waals surface area contributed by atoms with E-state index in [1.807, 2.05) is 18.2 Å². The fourth-order valence-corrected chi connectivity index (χ4v) is 3.95. The number of halogens is 1. The molecule has 0 unspecified atom stereocenters. The first-order valence-corrected chi connectivity index (χ1v) is 9.25. The average Bonchev–Trinajstić information content (AvgIpc) is 3.26. The van der Waals surface area contributed by atoms with E-state index in [0.717, 1.165) is 35.9 Å². The van der Waals surface area contributed by atoms with Gasteiger partial charge in [-0.1, -0.05) is 23.4 Å². The van der Waals surface area contributed by atoms with E-state index in [1.165, 1.54) is 23.0 Å². The van der Waals surface area contributed by atoms with Crippen LogP contribution in [0, 0.1) is 5.82 Å². The van der Waals surface area contributed by atoms with Gasteiger partial charge in [0, 0.05) is 6.42 Å². The fraction of sp³-hybridized carbons (Fsp3) is 0.250. The normalized spacial score (nSPS) is 16.9. The molecule has 1 aliphatic heterocycles. The highest BCUT2D eigenvalue weighted by Crippen LogP contribution is 2.47. The molecule has 2 aromatic carbocycles. The highest BCUT2D eigenvalue weighted by molar-refractivity contribution is 6.62. The van der Waals surface area contributed by atoms with Crippen LogP contribution >= 0.6 is 0 Å². The summed E-state index contributed by atoms with van der Waals surface area (Å²) in [6, 6.07) is 11.5. The molecule has 0 radical (unpaired) electrons. The van der Waals surface area contributed by atoms with Crippen LogP contribution in [0.4, 0.5) is 4.39 Å². The van der Waals surface area contributed by atoms with Crippen LogP contribution in [0.3, 0.4) is 0 Å². The van der Waals surface area contributed by atoms with Crippen LogP contribution in [0.15, 0.2) is 48.7 Å². The van der Waals surface area contributed by atoms with Crippen LogP contribution < -0.4 is 5.46 Å². The second-order valence-electron chi connectivity index (χ2n) is 7.36. The van der Waals surface area contributed by atoms with Crippen LogP contribution in [0.5, 0.6) is 0 Å². The predicted molar refractivity (Wildman–Crippen MR) is 100 cm³/mol. The van der Waals surface area contributed by atoms with Gasteiger partial charge in [-0.2, -0.15) is 0 Å². The Morgan fingerprint density at radius 1 is 1.25 bits per heavy atom. The molecule has 6 nitrogen and oxygen atoms in total. The third-order valence-corrected chi connectivity index (χ3v) is 5.61. The zero-order chi connectivity index (χ0) is 19.3. The number of nitrogens with zero attached hydrogens (tertiary/aromatic N) is 3. The van der Waals surface area contributed by atoms with Crippen LogP contribution in [-0.2, 0) is 16.7 Å². The number of hydrogen-bond acceptors (Lipinski definition) is 5. The molecule has 28 heavy (non-hydrogen) atoms. The number of carbonyl (C=O) groups is 1. The number of ketones is 1. The Kier molecular flexibility index (Phi) is 3.92. The number of fused-ring (bicyclic) bond motifs is 2. The molecule has 3 aromatic rings. The molecule has 2 heterocycles. The van der Waals surface area contributed by atoms with Gasteiger partial charge in [0.15, 0.2) is 5.78 Å². The Morgan fingerprint density at radius 3 is 2.75 bits per heavy atom. The van der Waals surface area contributed by atoms with Gasteiger partial charge in [0.2, 0.25) is 0 Å². The number of Topliss-reactive ketones (excluding diaryl/α,β-unsaturated/α-hetero) is 1. The molecule has 0 saturated heterocycles. The van der Waals surface area contributed by atoms with Crippen LogP contribution in [0.1, 0.15) is 40.9 Å². The lowest BCUT2D eigenvalue weighted by atomic mass is 9.72. The van der Waals surface area contributed by atoms with Crippen molar-refractivity contribution in [1.29, 1.82) is 0 Å². The van der Waals surface area contributed by atoms with Crippen molar-refractivity contribution in [3.05, 3.63) is 71.3 Å². The smallest absolute Gasteiger partial charge is 0.423 e. The summed E-state index contributed by atoms with van der Waals surface area (Å²) in [5.74, 6) is -0.522. The van der Waals surface area contributed by atoms with E-state index >= 15 is 0 Å². The first-order chi connectivity index (χ1) is 13.5. The maximum atomic E-state index is 13.0. The summed E-state index contributed by atoms with van der Waals surface area (Å²) in [4.78, 5) is 12.6. The zero-order valence-electron chi connectivity index (χ0n) is 15.0. The molecule has 1 N–H and O–H groups in total. The Bertz CT molecular complexity index is 1060. The highest BCUT2D eigenvalue weighted by atomic mass is 19.1. The van der Waals surface area contributed by atoms with Crippen molar-refractivity contribution in [2.75, 3.05) is 0 Å². The molecule has 1 aromatic heterocycles. The van der Waals surface area contributed by atoms with Crippen LogP contribution in [0.25, 0.3) is 5.69 Å². The van der Waals surface area contributed by atoms with Gasteiger partial charge in [-0.15, -0.1) is 5.10 Å². The molecular formula is C20H17BFN3O3. The molecule has 0 amide bonds. The van der Waals surface area contributed by atoms with Gasteiger partial charge in [0.25, 0.3) is 0 Å². The van der Waals surface area contributed by atoms with Gasteiger partial charge in [-0.05, 0) is 60.1 Å². The topological polar surface area (TPSA) is 77.2 Å². The summed E-state index contributed by atoms with van der Waals surface area (Å²) >= 11 is 0. The second kappa shape index (κ2) is 6.36. The fourth-order valence-electron chi connectivity index (χ4n) is 3.95. The van der Waals surface area contributed by atoms with E-state index in [-0.39, 0.29) is 29.3 Å². The minimum Gasteiger partial charge on any atom is -0.423 e. The van der Waals surface area contributed by atoms with Gasteiger partial charge < -0.3 is 9.68 Å². The molecule has 5 rings (SSSR count). The third-order valence-electron chi connectivity index (χ3n) is 5.61. The van der Waals surface area contributed by atoms with Crippen molar-refractivity contribution in [1.82, 2.24) is 15.0 Å². The first kappa shape index (κ1) is 17.3. The SMILES string of the molecule is O=C(Cc1ccc2c(c1)B(O)OC21CCC1)c1cn(-c2ccc(F)cc2)nn1. The van der Waals surface area contributed by atoms with Gasteiger partial charge in [0.1, 0.15) is 11.5 Å².